The molecule has 1 N–H and O–H groups in total. The van der Waals surface area contributed by atoms with Crippen LogP contribution in [0.25, 0.3) is 0 Å². The van der Waals surface area contributed by atoms with E-state index in [0.717, 1.165) is 12.8 Å². The second kappa shape index (κ2) is 3.32. The molecule has 1 spiro atoms. The van der Waals surface area contributed by atoms with Crippen LogP contribution in [0.5, 0.6) is 0 Å². The average Bonchev–Trinajstić information content (AvgIpc) is 2.24. The van der Waals surface area contributed by atoms with E-state index in [1.54, 1.807) is 0 Å². The van der Waals surface area contributed by atoms with Crippen molar-refractivity contribution in [1.82, 2.24) is 0 Å². The van der Waals surface area contributed by atoms with E-state index in [0.29, 0.717) is 5.41 Å². The Hall–Kier alpha value is -0.530. The van der Waals surface area contributed by atoms with E-state index in [4.69, 9.17) is 5.11 Å². The zero-order valence-corrected chi connectivity index (χ0v) is 8.09. The minimum absolute atomic E-state index is 0.0156. The van der Waals surface area contributed by atoms with Gasteiger partial charge in [0.15, 0.2) is 0 Å². The van der Waals surface area contributed by atoms with Gasteiger partial charge < -0.3 is 5.11 Å². The third-order valence-corrected chi connectivity index (χ3v) is 3.87. The van der Waals surface area contributed by atoms with Crippen LogP contribution >= 0.6 is 0 Å². The van der Waals surface area contributed by atoms with E-state index < -0.39 is 5.97 Å². The molecule has 2 aliphatic carbocycles. The number of hydrogen-bond acceptors (Lipinski definition) is 1. The van der Waals surface area contributed by atoms with Gasteiger partial charge >= 0.3 is 5.97 Å². The average molecular weight is 182 g/mol. The summed E-state index contributed by atoms with van der Waals surface area (Å²) < 4.78 is 0. The van der Waals surface area contributed by atoms with Crippen LogP contribution < -0.4 is 0 Å². The molecule has 2 rings (SSSR count). The smallest absolute Gasteiger partial charge is 0.306 e. The molecule has 0 atom stereocenters. The Labute approximate surface area is 79.3 Å². The first kappa shape index (κ1) is 9.04. The number of hydrogen-bond donors (Lipinski definition) is 1. The van der Waals surface area contributed by atoms with Crippen molar-refractivity contribution in [3.05, 3.63) is 0 Å². The summed E-state index contributed by atoms with van der Waals surface area (Å²) in [5.41, 5.74) is 0.458. The maximum atomic E-state index is 10.7. The fraction of sp³-hybridized carbons (Fsp3) is 0.909. The maximum absolute atomic E-state index is 10.7. The van der Waals surface area contributed by atoms with E-state index in [1.165, 1.54) is 38.5 Å². The third kappa shape index (κ3) is 1.72. The molecular formula is C11H18O2. The maximum Gasteiger partial charge on any atom is 0.306 e. The van der Waals surface area contributed by atoms with Crippen LogP contribution in [-0.2, 0) is 4.79 Å². The van der Waals surface area contributed by atoms with Gasteiger partial charge in [0.05, 0.1) is 5.92 Å². The van der Waals surface area contributed by atoms with Crippen molar-refractivity contribution >= 4 is 5.97 Å². The second-order valence-electron chi connectivity index (χ2n) is 4.86. The predicted octanol–water partition coefficient (Wildman–Crippen LogP) is 2.82. The highest BCUT2D eigenvalue weighted by atomic mass is 16.4. The van der Waals surface area contributed by atoms with E-state index in [-0.39, 0.29) is 5.92 Å². The topological polar surface area (TPSA) is 37.3 Å². The molecule has 0 bridgehead atoms. The number of aliphatic carboxylic acids is 1. The van der Waals surface area contributed by atoms with Crippen molar-refractivity contribution in [2.75, 3.05) is 0 Å². The highest BCUT2D eigenvalue weighted by molar-refractivity contribution is 5.71. The Bertz CT molecular complexity index is 194. The highest BCUT2D eigenvalue weighted by Gasteiger charge is 2.46. The lowest BCUT2D eigenvalue weighted by molar-refractivity contribution is -0.150. The second-order valence-corrected chi connectivity index (χ2v) is 4.86. The van der Waals surface area contributed by atoms with Gasteiger partial charge in [-0.3, -0.25) is 4.79 Å². The van der Waals surface area contributed by atoms with Crippen LogP contribution in [0.15, 0.2) is 0 Å². The zero-order valence-electron chi connectivity index (χ0n) is 8.09. The molecule has 0 aromatic heterocycles. The minimum Gasteiger partial charge on any atom is -0.481 e. The molecule has 0 heterocycles. The Kier molecular flexibility index (Phi) is 2.31. The monoisotopic (exact) mass is 182 g/mol. The summed E-state index contributed by atoms with van der Waals surface area (Å²) >= 11 is 0. The normalized spacial score (nSPS) is 28.0. The van der Waals surface area contributed by atoms with Crippen LogP contribution in [0.2, 0.25) is 0 Å². The molecule has 0 amide bonds. The molecule has 0 radical (unpaired) electrons. The van der Waals surface area contributed by atoms with Crippen molar-refractivity contribution in [1.29, 1.82) is 0 Å². The number of carboxylic acid groups (broad SMARTS) is 1. The first-order valence-corrected chi connectivity index (χ1v) is 5.45. The van der Waals surface area contributed by atoms with Crippen LogP contribution in [0.1, 0.15) is 51.4 Å². The molecule has 2 fully saturated rings. The van der Waals surface area contributed by atoms with Crippen LogP contribution in [0.3, 0.4) is 0 Å². The predicted molar refractivity (Wildman–Crippen MR) is 50.5 cm³/mol. The van der Waals surface area contributed by atoms with Gasteiger partial charge in [0, 0.05) is 0 Å². The fourth-order valence-corrected chi connectivity index (χ4v) is 3.05. The van der Waals surface area contributed by atoms with Crippen LogP contribution in [0, 0.1) is 11.3 Å². The summed E-state index contributed by atoms with van der Waals surface area (Å²) in [6.45, 7) is 0. The lowest BCUT2D eigenvalue weighted by Gasteiger charge is -2.46. The molecule has 0 saturated heterocycles. The van der Waals surface area contributed by atoms with E-state index in [1.807, 2.05) is 0 Å². The lowest BCUT2D eigenvalue weighted by atomic mass is 9.58. The fourth-order valence-electron chi connectivity index (χ4n) is 3.05. The van der Waals surface area contributed by atoms with Gasteiger partial charge in [-0.1, -0.05) is 25.7 Å². The molecule has 2 heteroatoms. The summed E-state index contributed by atoms with van der Waals surface area (Å²) in [6.07, 6.45) is 9.87. The molecule has 2 nitrogen and oxygen atoms in total. The Morgan fingerprint density at radius 2 is 1.62 bits per heavy atom. The molecular weight excluding hydrogens is 164 g/mol. The molecule has 74 valence electrons. The van der Waals surface area contributed by atoms with Crippen molar-refractivity contribution in [2.24, 2.45) is 11.3 Å². The third-order valence-electron chi connectivity index (χ3n) is 3.87. The van der Waals surface area contributed by atoms with Gasteiger partial charge in [-0.2, -0.15) is 0 Å². The van der Waals surface area contributed by atoms with Crippen molar-refractivity contribution in [3.63, 3.8) is 0 Å². The lowest BCUT2D eigenvalue weighted by Crippen LogP contribution is -2.40. The van der Waals surface area contributed by atoms with Gasteiger partial charge in [-0.05, 0) is 31.1 Å². The summed E-state index contributed by atoms with van der Waals surface area (Å²) in [5.74, 6) is -0.590. The van der Waals surface area contributed by atoms with Gasteiger partial charge in [0.1, 0.15) is 0 Å². The van der Waals surface area contributed by atoms with Gasteiger partial charge in [0.2, 0.25) is 0 Å². The molecule has 0 aliphatic heterocycles. The zero-order chi connectivity index (χ0) is 9.31. The Balaban J connectivity index is 1.89. The van der Waals surface area contributed by atoms with Gasteiger partial charge in [-0.25, -0.2) is 0 Å². The standard InChI is InChI=1S/C11H18O2/c12-10(13)9-7-11(8-9)5-3-1-2-4-6-11/h9H,1-8H2,(H,12,13). The molecule has 0 aromatic rings. The summed E-state index contributed by atoms with van der Waals surface area (Å²) in [6, 6.07) is 0. The first-order chi connectivity index (χ1) is 6.22. The van der Waals surface area contributed by atoms with E-state index >= 15 is 0 Å². The van der Waals surface area contributed by atoms with Crippen molar-refractivity contribution < 1.29 is 9.90 Å². The summed E-state index contributed by atoms with van der Waals surface area (Å²) in [5, 5.41) is 8.82. The largest absolute Gasteiger partial charge is 0.481 e. The Morgan fingerprint density at radius 1 is 1.08 bits per heavy atom. The number of carboxylic acids is 1. The quantitative estimate of drug-likeness (QED) is 0.677. The minimum atomic E-state index is -0.574. The number of carbonyl (C=O) groups is 1. The summed E-state index contributed by atoms with van der Waals surface area (Å²) in [4.78, 5) is 10.7. The van der Waals surface area contributed by atoms with E-state index in [2.05, 4.69) is 0 Å². The van der Waals surface area contributed by atoms with Crippen molar-refractivity contribution in [2.45, 2.75) is 51.4 Å². The van der Waals surface area contributed by atoms with Gasteiger partial charge in [0.25, 0.3) is 0 Å². The molecule has 13 heavy (non-hydrogen) atoms. The van der Waals surface area contributed by atoms with Crippen molar-refractivity contribution in [3.8, 4) is 0 Å². The molecule has 0 unspecified atom stereocenters. The molecule has 2 aliphatic rings. The molecule has 0 aromatic carbocycles. The molecule has 2 saturated carbocycles. The first-order valence-electron chi connectivity index (χ1n) is 5.45. The Morgan fingerprint density at radius 3 is 2.08 bits per heavy atom. The van der Waals surface area contributed by atoms with Gasteiger partial charge in [-0.15, -0.1) is 0 Å². The highest BCUT2D eigenvalue weighted by Crippen LogP contribution is 2.53. The number of rotatable bonds is 1. The van der Waals surface area contributed by atoms with Crippen LogP contribution in [0.4, 0.5) is 0 Å². The van der Waals surface area contributed by atoms with E-state index in [9.17, 15) is 4.79 Å². The van der Waals surface area contributed by atoms with Crippen LogP contribution in [-0.4, -0.2) is 11.1 Å². The SMILES string of the molecule is O=C(O)C1CC2(CCCCCC2)C1. The summed E-state index contributed by atoms with van der Waals surface area (Å²) in [7, 11) is 0.